The molecular formula is C33H30F3N3O3S. The molecule has 0 atom stereocenters. The van der Waals surface area contributed by atoms with Crippen molar-refractivity contribution in [2.45, 2.75) is 42.9 Å². The molecule has 1 aromatic heterocycles. The van der Waals surface area contributed by atoms with E-state index in [9.17, 15) is 26.4 Å². The summed E-state index contributed by atoms with van der Waals surface area (Å²) >= 11 is 0. The lowest BCUT2D eigenvalue weighted by Gasteiger charge is -2.28. The van der Waals surface area contributed by atoms with Crippen LogP contribution in [-0.4, -0.2) is 47.6 Å². The first-order valence-electron chi connectivity index (χ1n) is 14.1. The first-order valence-corrected chi connectivity index (χ1v) is 15.5. The van der Waals surface area contributed by atoms with Crippen LogP contribution >= 0.6 is 0 Å². The molecule has 0 radical (unpaired) electrons. The van der Waals surface area contributed by atoms with Crippen LogP contribution in [0, 0.1) is 0 Å². The van der Waals surface area contributed by atoms with Gasteiger partial charge in [-0.05, 0) is 71.5 Å². The molecule has 1 amide bonds. The second kappa shape index (κ2) is 11.5. The lowest BCUT2D eigenvalue weighted by molar-refractivity contribution is -0.137. The Morgan fingerprint density at radius 1 is 0.884 bits per heavy atom. The topological polar surface area (TPSA) is 73.5 Å². The van der Waals surface area contributed by atoms with E-state index in [1.54, 1.807) is 18.2 Å². The smallest absolute Gasteiger partial charge is 0.361 e. The fraction of sp³-hybridized carbons (Fsp3) is 0.242. The number of aromatic amines is 1. The van der Waals surface area contributed by atoms with Gasteiger partial charge in [-0.15, -0.1) is 0 Å². The summed E-state index contributed by atoms with van der Waals surface area (Å²) in [6.45, 7) is -0.0432. The normalized spacial score (nSPS) is 14.0. The van der Waals surface area contributed by atoms with Crippen LogP contribution in [-0.2, 0) is 34.0 Å². The SMILES string of the molecule is O=C(CN(C1CC1)S(=O)(=O)c1ccc2ccccc2c1)N(CCc1c[nH]c2ccccc12)Cc1ccc(C(F)(F)F)cc1. The zero-order valence-corrected chi connectivity index (χ0v) is 24.0. The Morgan fingerprint density at radius 3 is 2.30 bits per heavy atom. The van der Waals surface area contributed by atoms with Crippen LogP contribution in [0.25, 0.3) is 21.7 Å². The number of fused-ring (bicyclic) bond motifs is 2. The third-order valence-electron chi connectivity index (χ3n) is 7.91. The van der Waals surface area contributed by atoms with Gasteiger partial charge < -0.3 is 9.88 Å². The van der Waals surface area contributed by atoms with Crippen LogP contribution in [0.3, 0.4) is 0 Å². The summed E-state index contributed by atoms with van der Waals surface area (Å²) in [4.78, 5) is 18.7. The third kappa shape index (κ3) is 6.30. The largest absolute Gasteiger partial charge is 0.416 e. The van der Waals surface area contributed by atoms with Gasteiger partial charge in [0.2, 0.25) is 15.9 Å². The molecule has 0 saturated heterocycles. The summed E-state index contributed by atoms with van der Waals surface area (Å²) in [7, 11) is -3.98. The fourth-order valence-corrected chi connectivity index (χ4v) is 7.05. The fourth-order valence-electron chi connectivity index (χ4n) is 5.37. The number of amides is 1. The first kappa shape index (κ1) is 28.9. The lowest BCUT2D eigenvalue weighted by Crippen LogP contribution is -2.44. The highest BCUT2D eigenvalue weighted by atomic mass is 32.2. The Labute approximate surface area is 247 Å². The minimum Gasteiger partial charge on any atom is -0.361 e. The van der Waals surface area contributed by atoms with Crippen LogP contribution in [0.2, 0.25) is 0 Å². The molecule has 1 aliphatic rings. The summed E-state index contributed by atoms with van der Waals surface area (Å²) in [5.41, 5.74) is 1.70. The summed E-state index contributed by atoms with van der Waals surface area (Å²) in [5, 5.41) is 2.71. The van der Waals surface area contributed by atoms with E-state index in [1.807, 2.05) is 54.7 Å². The average molecular weight is 606 g/mol. The molecule has 1 N–H and O–H groups in total. The number of carbonyl (C=O) groups excluding carboxylic acids is 1. The first-order chi connectivity index (χ1) is 20.6. The number of nitrogens with zero attached hydrogens (tertiary/aromatic N) is 2. The summed E-state index contributed by atoms with van der Waals surface area (Å²) in [6.07, 6.45) is -0.780. The van der Waals surface area contributed by atoms with Gasteiger partial charge in [0.1, 0.15) is 0 Å². The van der Waals surface area contributed by atoms with E-state index in [-0.39, 0.29) is 30.6 Å². The molecule has 222 valence electrons. The number of nitrogens with one attached hydrogen (secondary N) is 1. The standard InChI is InChI=1S/C33H30F3N3O3S/c34-33(35,36)27-12-9-23(10-13-27)21-38(18-17-26-20-37-31-8-4-3-7-30(26)31)32(40)22-39(28-14-15-28)43(41,42)29-16-11-24-5-1-2-6-25(24)19-29/h1-13,16,19-20,28,37H,14-15,17-18,21-22H2. The molecule has 0 spiro atoms. The van der Waals surface area contributed by atoms with Crippen molar-refractivity contribution in [2.24, 2.45) is 0 Å². The molecule has 1 saturated carbocycles. The Morgan fingerprint density at radius 2 is 1.58 bits per heavy atom. The number of alkyl halides is 3. The van der Waals surface area contributed by atoms with E-state index in [0.29, 0.717) is 24.8 Å². The van der Waals surface area contributed by atoms with Gasteiger partial charge in [0, 0.05) is 36.2 Å². The van der Waals surface area contributed by atoms with Crippen LogP contribution in [0.4, 0.5) is 13.2 Å². The minimum atomic E-state index is -4.47. The molecule has 0 unspecified atom stereocenters. The van der Waals surface area contributed by atoms with Gasteiger partial charge >= 0.3 is 6.18 Å². The molecule has 0 aliphatic heterocycles. The zero-order valence-electron chi connectivity index (χ0n) is 23.2. The Hall–Kier alpha value is -4.15. The van der Waals surface area contributed by atoms with E-state index < -0.39 is 27.7 Å². The summed E-state index contributed by atoms with van der Waals surface area (Å²) in [6, 6.07) is 24.6. The highest BCUT2D eigenvalue weighted by molar-refractivity contribution is 7.89. The van der Waals surface area contributed by atoms with Gasteiger partial charge in [0.25, 0.3) is 0 Å². The van der Waals surface area contributed by atoms with Crippen molar-refractivity contribution in [3.05, 3.63) is 114 Å². The Bertz CT molecular complexity index is 1880. The van der Waals surface area contributed by atoms with Gasteiger partial charge in [0.15, 0.2) is 0 Å². The van der Waals surface area contributed by atoms with Gasteiger partial charge in [-0.2, -0.15) is 17.5 Å². The quantitative estimate of drug-likeness (QED) is 0.191. The third-order valence-corrected chi connectivity index (χ3v) is 9.80. The molecule has 1 heterocycles. The maximum Gasteiger partial charge on any atom is 0.416 e. The van der Waals surface area contributed by atoms with Crippen molar-refractivity contribution in [1.29, 1.82) is 0 Å². The Balaban J connectivity index is 1.26. The van der Waals surface area contributed by atoms with E-state index in [0.717, 1.165) is 39.4 Å². The minimum absolute atomic E-state index is 0.0495. The van der Waals surface area contributed by atoms with E-state index in [4.69, 9.17) is 0 Å². The number of carbonyl (C=O) groups is 1. The number of para-hydroxylation sites is 1. The number of hydrogen-bond acceptors (Lipinski definition) is 3. The Kier molecular flexibility index (Phi) is 7.74. The predicted molar refractivity (Wildman–Crippen MR) is 160 cm³/mol. The molecule has 4 aromatic carbocycles. The number of benzene rings is 4. The maximum atomic E-state index is 13.9. The van der Waals surface area contributed by atoms with Crippen molar-refractivity contribution >= 4 is 37.6 Å². The second-order valence-electron chi connectivity index (χ2n) is 10.9. The van der Waals surface area contributed by atoms with Crippen molar-refractivity contribution in [2.75, 3.05) is 13.1 Å². The van der Waals surface area contributed by atoms with Gasteiger partial charge in [-0.25, -0.2) is 8.42 Å². The number of halogens is 3. The van der Waals surface area contributed by atoms with Gasteiger partial charge in [0.05, 0.1) is 17.0 Å². The van der Waals surface area contributed by atoms with E-state index in [2.05, 4.69) is 4.98 Å². The number of aromatic nitrogens is 1. The molecule has 5 aromatic rings. The van der Waals surface area contributed by atoms with E-state index >= 15 is 0 Å². The van der Waals surface area contributed by atoms with Crippen LogP contribution in [0.15, 0.2) is 102 Å². The number of hydrogen-bond donors (Lipinski definition) is 1. The molecule has 43 heavy (non-hydrogen) atoms. The van der Waals surface area contributed by atoms with E-state index in [1.165, 1.54) is 21.3 Å². The number of sulfonamides is 1. The highest BCUT2D eigenvalue weighted by Crippen LogP contribution is 2.33. The molecule has 1 fully saturated rings. The van der Waals surface area contributed by atoms with Gasteiger partial charge in [-0.1, -0.05) is 60.7 Å². The van der Waals surface area contributed by atoms with Crippen molar-refractivity contribution in [1.82, 2.24) is 14.2 Å². The average Bonchev–Trinajstić information content (AvgIpc) is 3.76. The molecular weight excluding hydrogens is 575 g/mol. The van der Waals surface area contributed by atoms with Gasteiger partial charge in [-0.3, -0.25) is 4.79 Å². The second-order valence-corrected chi connectivity index (χ2v) is 12.8. The maximum absolute atomic E-state index is 13.9. The lowest BCUT2D eigenvalue weighted by atomic mass is 10.1. The monoisotopic (exact) mass is 605 g/mol. The van der Waals surface area contributed by atoms with Crippen LogP contribution in [0.5, 0.6) is 0 Å². The van der Waals surface area contributed by atoms with Crippen molar-refractivity contribution in [3.63, 3.8) is 0 Å². The van der Waals surface area contributed by atoms with Crippen LogP contribution < -0.4 is 0 Å². The number of rotatable bonds is 10. The zero-order chi connectivity index (χ0) is 30.2. The molecule has 6 nitrogen and oxygen atoms in total. The number of H-pyrrole nitrogens is 1. The van der Waals surface area contributed by atoms with Crippen molar-refractivity contribution in [3.8, 4) is 0 Å². The van der Waals surface area contributed by atoms with Crippen molar-refractivity contribution < 1.29 is 26.4 Å². The summed E-state index contributed by atoms with van der Waals surface area (Å²) in [5.74, 6) is -0.406. The molecule has 1 aliphatic carbocycles. The summed E-state index contributed by atoms with van der Waals surface area (Å²) < 4.78 is 68.4. The predicted octanol–water partition coefficient (Wildman–Crippen LogP) is 6.76. The molecule has 10 heteroatoms. The van der Waals surface area contributed by atoms with Crippen LogP contribution in [0.1, 0.15) is 29.5 Å². The molecule has 0 bridgehead atoms. The molecule has 6 rings (SSSR count). The highest BCUT2D eigenvalue weighted by Gasteiger charge is 2.40.